The molecular formula is C13H15F2N3O3. The molecule has 6 nitrogen and oxygen atoms in total. The number of aromatic carboxylic acids is 1. The van der Waals surface area contributed by atoms with E-state index >= 15 is 0 Å². The van der Waals surface area contributed by atoms with Gasteiger partial charge >= 0.3 is 5.97 Å². The molecule has 0 bridgehead atoms. The van der Waals surface area contributed by atoms with Crippen molar-refractivity contribution < 1.29 is 23.5 Å². The zero-order chi connectivity index (χ0) is 15.6. The second-order valence-electron chi connectivity index (χ2n) is 4.85. The van der Waals surface area contributed by atoms with Crippen LogP contribution in [0.1, 0.15) is 20.7 Å². The molecule has 114 valence electrons. The molecule has 0 aliphatic carbocycles. The van der Waals surface area contributed by atoms with Crippen molar-refractivity contribution in [3.63, 3.8) is 0 Å². The van der Waals surface area contributed by atoms with E-state index in [1.165, 1.54) is 0 Å². The van der Waals surface area contributed by atoms with Crippen molar-refractivity contribution >= 4 is 11.9 Å². The first kappa shape index (κ1) is 15.3. The number of rotatable bonds is 3. The molecule has 1 aromatic rings. The number of piperazine rings is 1. The smallest absolute Gasteiger partial charge is 0.336 e. The van der Waals surface area contributed by atoms with Gasteiger partial charge in [-0.15, -0.1) is 0 Å². The Hall–Kier alpha value is -2.06. The average molecular weight is 299 g/mol. The van der Waals surface area contributed by atoms with Gasteiger partial charge in [0.25, 0.3) is 5.91 Å². The average Bonchev–Trinajstić information content (AvgIpc) is 2.43. The van der Waals surface area contributed by atoms with Crippen LogP contribution in [0.4, 0.5) is 8.78 Å². The largest absolute Gasteiger partial charge is 0.478 e. The Balaban J connectivity index is 2.18. The number of hydrogen-bond donors (Lipinski definition) is 2. The lowest BCUT2D eigenvalue weighted by Gasteiger charge is -2.32. The van der Waals surface area contributed by atoms with Crippen molar-refractivity contribution in [2.75, 3.05) is 33.2 Å². The molecule has 2 N–H and O–H groups in total. The Morgan fingerprint density at radius 3 is 2.14 bits per heavy atom. The summed E-state index contributed by atoms with van der Waals surface area (Å²) in [6.07, 6.45) is 0. The van der Waals surface area contributed by atoms with E-state index in [0.29, 0.717) is 25.2 Å². The fourth-order valence-electron chi connectivity index (χ4n) is 2.03. The highest BCUT2D eigenvalue weighted by molar-refractivity contribution is 6.04. The first-order valence-electron chi connectivity index (χ1n) is 6.35. The van der Waals surface area contributed by atoms with Gasteiger partial charge in [-0.3, -0.25) is 10.2 Å². The molecule has 1 aromatic carbocycles. The molecule has 8 heteroatoms. The molecule has 0 aromatic heterocycles. The molecule has 2 rings (SSSR count). The van der Waals surface area contributed by atoms with Crippen LogP contribution in [0.15, 0.2) is 12.1 Å². The number of nitrogens with zero attached hydrogens (tertiary/aromatic N) is 2. The van der Waals surface area contributed by atoms with Gasteiger partial charge in [-0.2, -0.15) is 0 Å². The maximum absolute atomic E-state index is 13.2. The molecule has 0 saturated carbocycles. The number of hydrogen-bond acceptors (Lipinski definition) is 4. The SMILES string of the molecule is CN1CCN(NC(=O)c2cc(F)c(F)cc2C(=O)O)CC1. The predicted molar refractivity (Wildman–Crippen MR) is 69.9 cm³/mol. The molecule has 1 aliphatic rings. The number of carbonyl (C=O) groups excluding carboxylic acids is 1. The molecular weight excluding hydrogens is 284 g/mol. The van der Waals surface area contributed by atoms with Crippen molar-refractivity contribution in [3.8, 4) is 0 Å². The second kappa shape index (κ2) is 6.15. The standard InChI is InChI=1S/C13H15F2N3O3/c1-17-2-4-18(5-3-17)16-12(19)8-6-10(14)11(15)7-9(8)13(20)21/h6-7H,2-5H2,1H3,(H,16,19)(H,20,21). The Kier molecular flexibility index (Phi) is 4.49. The third-order valence-corrected chi connectivity index (χ3v) is 3.30. The van der Waals surface area contributed by atoms with Crippen LogP contribution in [0.2, 0.25) is 0 Å². The number of likely N-dealkylation sites (N-methyl/N-ethyl adjacent to an activating group) is 1. The number of amides is 1. The molecule has 1 fully saturated rings. The number of benzene rings is 1. The van der Waals surface area contributed by atoms with E-state index in [0.717, 1.165) is 13.1 Å². The number of hydrazine groups is 1. The zero-order valence-electron chi connectivity index (χ0n) is 11.4. The van der Waals surface area contributed by atoms with Crippen LogP contribution in [-0.4, -0.2) is 60.1 Å². The van der Waals surface area contributed by atoms with E-state index in [1.807, 2.05) is 7.05 Å². The van der Waals surface area contributed by atoms with E-state index in [2.05, 4.69) is 10.3 Å². The van der Waals surface area contributed by atoms with Crippen molar-refractivity contribution in [3.05, 3.63) is 34.9 Å². The minimum atomic E-state index is -1.49. The number of nitrogens with one attached hydrogen (secondary N) is 1. The fraction of sp³-hybridized carbons (Fsp3) is 0.385. The summed E-state index contributed by atoms with van der Waals surface area (Å²) in [4.78, 5) is 25.2. The molecule has 21 heavy (non-hydrogen) atoms. The van der Waals surface area contributed by atoms with Crippen LogP contribution < -0.4 is 5.43 Å². The summed E-state index contributed by atoms with van der Waals surface area (Å²) >= 11 is 0. The lowest BCUT2D eigenvalue weighted by atomic mass is 10.1. The van der Waals surface area contributed by atoms with Gasteiger partial charge in [0.1, 0.15) is 0 Å². The lowest BCUT2D eigenvalue weighted by Crippen LogP contribution is -2.52. The summed E-state index contributed by atoms with van der Waals surface area (Å²) < 4.78 is 26.3. The lowest BCUT2D eigenvalue weighted by molar-refractivity contribution is 0.0637. The third-order valence-electron chi connectivity index (χ3n) is 3.30. The Morgan fingerprint density at radius 1 is 1.10 bits per heavy atom. The molecule has 1 saturated heterocycles. The van der Waals surface area contributed by atoms with Gasteiger partial charge < -0.3 is 10.0 Å². The summed E-state index contributed by atoms with van der Waals surface area (Å²) in [5.74, 6) is -4.82. The number of halogens is 2. The van der Waals surface area contributed by atoms with Crippen LogP contribution in [0.5, 0.6) is 0 Å². The van der Waals surface area contributed by atoms with Crippen LogP contribution >= 0.6 is 0 Å². The van der Waals surface area contributed by atoms with E-state index in [1.54, 1.807) is 5.01 Å². The second-order valence-corrected chi connectivity index (χ2v) is 4.85. The van der Waals surface area contributed by atoms with Gasteiger partial charge in [-0.25, -0.2) is 18.6 Å². The molecule has 1 amide bonds. The first-order valence-corrected chi connectivity index (χ1v) is 6.35. The highest BCUT2D eigenvalue weighted by Crippen LogP contribution is 2.15. The summed E-state index contributed by atoms with van der Waals surface area (Å²) in [6.45, 7) is 2.61. The summed E-state index contributed by atoms with van der Waals surface area (Å²) in [5, 5.41) is 10.6. The van der Waals surface area contributed by atoms with Crippen molar-refractivity contribution in [1.82, 2.24) is 15.3 Å². The molecule has 1 heterocycles. The van der Waals surface area contributed by atoms with Gasteiger partial charge in [0.15, 0.2) is 11.6 Å². The number of carbonyl (C=O) groups is 2. The van der Waals surface area contributed by atoms with E-state index < -0.39 is 34.6 Å². The summed E-state index contributed by atoms with van der Waals surface area (Å²) in [5.41, 5.74) is 1.54. The fourth-order valence-corrected chi connectivity index (χ4v) is 2.03. The van der Waals surface area contributed by atoms with Crippen molar-refractivity contribution in [1.29, 1.82) is 0 Å². The highest BCUT2D eigenvalue weighted by atomic mass is 19.2. The maximum atomic E-state index is 13.2. The van der Waals surface area contributed by atoms with Crippen LogP contribution in [0.25, 0.3) is 0 Å². The number of carboxylic acid groups (broad SMARTS) is 1. The van der Waals surface area contributed by atoms with Crippen molar-refractivity contribution in [2.45, 2.75) is 0 Å². The zero-order valence-corrected chi connectivity index (χ0v) is 11.4. The summed E-state index contributed by atoms with van der Waals surface area (Å²) in [7, 11) is 1.94. The Bertz CT molecular complexity index is 572. The van der Waals surface area contributed by atoms with Gasteiger partial charge in [-0.1, -0.05) is 0 Å². The monoisotopic (exact) mass is 299 g/mol. The quantitative estimate of drug-likeness (QED) is 0.853. The van der Waals surface area contributed by atoms with Crippen molar-refractivity contribution in [2.24, 2.45) is 0 Å². The molecule has 1 aliphatic heterocycles. The minimum Gasteiger partial charge on any atom is -0.478 e. The molecule has 0 atom stereocenters. The Morgan fingerprint density at radius 2 is 1.62 bits per heavy atom. The number of carboxylic acids is 1. The maximum Gasteiger partial charge on any atom is 0.336 e. The molecule has 0 radical (unpaired) electrons. The Labute approximate surface area is 119 Å². The summed E-state index contributed by atoms with van der Waals surface area (Å²) in [6, 6.07) is 1.11. The van der Waals surface area contributed by atoms with E-state index in [-0.39, 0.29) is 0 Å². The minimum absolute atomic E-state index is 0.402. The van der Waals surface area contributed by atoms with Gasteiger partial charge in [0.2, 0.25) is 0 Å². The normalized spacial score (nSPS) is 16.7. The van der Waals surface area contributed by atoms with Crippen LogP contribution in [0.3, 0.4) is 0 Å². The third kappa shape index (κ3) is 3.53. The van der Waals surface area contributed by atoms with Gasteiger partial charge in [0, 0.05) is 26.2 Å². The van der Waals surface area contributed by atoms with Gasteiger partial charge in [0.05, 0.1) is 11.1 Å². The molecule has 0 unspecified atom stereocenters. The first-order chi connectivity index (χ1) is 9.88. The topological polar surface area (TPSA) is 72.9 Å². The van der Waals surface area contributed by atoms with Gasteiger partial charge in [-0.05, 0) is 19.2 Å². The van der Waals surface area contributed by atoms with Crippen LogP contribution in [-0.2, 0) is 0 Å². The van der Waals surface area contributed by atoms with E-state index in [9.17, 15) is 18.4 Å². The van der Waals surface area contributed by atoms with Crippen LogP contribution in [0, 0.1) is 11.6 Å². The highest BCUT2D eigenvalue weighted by Gasteiger charge is 2.23. The van der Waals surface area contributed by atoms with E-state index in [4.69, 9.17) is 5.11 Å². The predicted octanol–water partition coefficient (Wildman–Crippen LogP) is 0.555. The molecule has 0 spiro atoms.